The van der Waals surface area contributed by atoms with Crippen LogP contribution in [0.2, 0.25) is 5.02 Å². The van der Waals surface area contributed by atoms with E-state index in [0.717, 1.165) is 5.39 Å². The van der Waals surface area contributed by atoms with Crippen molar-refractivity contribution in [2.45, 2.75) is 19.2 Å². The van der Waals surface area contributed by atoms with Crippen LogP contribution in [0.25, 0.3) is 22.2 Å². The number of aromatic nitrogens is 1. The first-order valence-corrected chi connectivity index (χ1v) is 10.3. The van der Waals surface area contributed by atoms with Crippen molar-refractivity contribution in [3.63, 3.8) is 0 Å². The van der Waals surface area contributed by atoms with Gasteiger partial charge in [-0.3, -0.25) is 4.79 Å². The van der Waals surface area contributed by atoms with E-state index in [1.165, 1.54) is 17.0 Å². The van der Waals surface area contributed by atoms with Gasteiger partial charge >= 0.3 is 0 Å². The number of hydrogen-bond acceptors (Lipinski definition) is 3. The monoisotopic (exact) mass is 432 g/mol. The Morgan fingerprint density at radius 2 is 1.84 bits per heavy atom. The van der Waals surface area contributed by atoms with Gasteiger partial charge in [-0.25, -0.2) is 9.37 Å². The molecule has 0 fully saturated rings. The number of aliphatic hydroxyl groups excluding tert-OH is 1. The zero-order chi connectivity index (χ0) is 21.7. The van der Waals surface area contributed by atoms with Crippen LogP contribution < -0.4 is 0 Å². The van der Waals surface area contributed by atoms with Gasteiger partial charge in [-0.15, -0.1) is 0 Å². The van der Waals surface area contributed by atoms with Gasteiger partial charge in [0.25, 0.3) is 5.91 Å². The standard InChI is InChI=1S/C25H18ClFN2O2/c1-14(29-24(30)17-8-2-3-9-18(17)25(29)31)19-13-20-21(26)10-5-11-22(20)28-23(19)15-6-4-7-16(27)12-15/h2-14,24,30H,1H3. The highest BCUT2D eigenvalue weighted by Crippen LogP contribution is 2.41. The molecule has 3 aromatic carbocycles. The summed E-state index contributed by atoms with van der Waals surface area (Å²) in [7, 11) is 0. The van der Waals surface area contributed by atoms with Gasteiger partial charge in [-0.1, -0.05) is 48.0 Å². The highest BCUT2D eigenvalue weighted by atomic mass is 35.5. The van der Waals surface area contributed by atoms with Crippen molar-refractivity contribution in [3.8, 4) is 11.3 Å². The van der Waals surface area contributed by atoms with Crippen molar-refractivity contribution in [2.75, 3.05) is 0 Å². The fraction of sp³-hybridized carbons (Fsp3) is 0.120. The van der Waals surface area contributed by atoms with Crippen molar-refractivity contribution in [3.05, 3.63) is 100 Å². The van der Waals surface area contributed by atoms with E-state index in [4.69, 9.17) is 16.6 Å². The fourth-order valence-electron chi connectivity index (χ4n) is 4.21. The van der Waals surface area contributed by atoms with Crippen molar-refractivity contribution < 1.29 is 14.3 Å². The van der Waals surface area contributed by atoms with Crippen molar-refractivity contribution >= 4 is 28.4 Å². The first kappa shape index (κ1) is 19.7. The third-order valence-electron chi connectivity index (χ3n) is 5.77. The molecule has 1 aliphatic heterocycles. The Kier molecular flexibility index (Phi) is 4.73. The number of nitrogens with zero attached hydrogens (tertiary/aromatic N) is 2. The Hall–Kier alpha value is -3.28. The zero-order valence-electron chi connectivity index (χ0n) is 16.6. The summed E-state index contributed by atoms with van der Waals surface area (Å²) in [6.07, 6.45) is -1.08. The molecule has 1 N–H and O–H groups in total. The molecule has 1 aliphatic rings. The lowest BCUT2D eigenvalue weighted by atomic mass is 9.97. The van der Waals surface area contributed by atoms with E-state index < -0.39 is 12.3 Å². The van der Waals surface area contributed by atoms with Crippen LogP contribution in [0.4, 0.5) is 4.39 Å². The highest BCUT2D eigenvalue weighted by Gasteiger charge is 2.39. The summed E-state index contributed by atoms with van der Waals surface area (Å²) in [5.41, 5.74) is 3.50. The number of hydrogen-bond donors (Lipinski definition) is 1. The Morgan fingerprint density at radius 3 is 2.61 bits per heavy atom. The lowest BCUT2D eigenvalue weighted by molar-refractivity contribution is -0.000237. The van der Waals surface area contributed by atoms with Gasteiger partial charge < -0.3 is 10.0 Å². The molecule has 0 bridgehead atoms. The summed E-state index contributed by atoms with van der Waals surface area (Å²) < 4.78 is 14.0. The number of aliphatic hydroxyl groups is 1. The summed E-state index contributed by atoms with van der Waals surface area (Å²) in [5.74, 6) is -0.645. The first-order valence-electron chi connectivity index (χ1n) is 9.90. The number of carbonyl (C=O) groups is 1. The third-order valence-corrected chi connectivity index (χ3v) is 6.10. The topological polar surface area (TPSA) is 53.4 Å². The molecule has 2 atom stereocenters. The minimum absolute atomic E-state index is 0.264. The van der Waals surface area contributed by atoms with Gasteiger partial charge in [0.1, 0.15) is 5.82 Å². The zero-order valence-corrected chi connectivity index (χ0v) is 17.3. The number of pyridine rings is 1. The Morgan fingerprint density at radius 1 is 1.06 bits per heavy atom. The van der Waals surface area contributed by atoms with E-state index in [-0.39, 0.29) is 11.7 Å². The predicted octanol–water partition coefficient (Wildman–Crippen LogP) is 5.90. The maximum absolute atomic E-state index is 14.0. The molecule has 5 rings (SSSR count). The molecule has 2 heterocycles. The molecule has 31 heavy (non-hydrogen) atoms. The Bertz CT molecular complexity index is 1340. The fourth-order valence-corrected chi connectivity index (χ4v) is 4.44. The molecule has 4 aromatic rings. The number of benzene rings is 3. The van der Waals surface area contributed by atoms with E-state index in [1.54, 1.807) is 48.5 Å². The lowest BCUT2D eigenvalue weighted by Gasteiger charge is -2.30. The second-order valence-electron chi connectivity index (χ2n) is 7.59. The normalized spacial score (nSPS) is 16.6. The highest BCUT2D eigenvalue weighted by molar-refractivity contribution is 6.35. The smallest absolute Gasteiger partial charge is 0.257 e. The molecule has 6 heteroatoms. The molecule has 0 radical (unpaired) electrons. The number of fused-ring (bicyclic) bond motifs is 2. The summed E-state index contributed by atoms with van der Waals surface area (Å²) in [6.45, 7) is 1.83. The SMILES string of the molecule is CC(c1cc2c(Cl)cccc2nc1-c1cccc(F)c1)N1C(=O)c2ccccc2C1O. The van der Waals surface area contributed by atoms with Crippen molar-refractivity contribution in [1.82, 2.24) is 9.88 Å². The molecule has 0 spiro atoms. The van der Waals surface area contributed by atoms with Crippen LogP contribution in [-0.2, 0) is 0 Å². The van der Waals surface area contributed by atoms with Crippen LogP contribution in [0.5, 0.6) is 0 Å². The van der Waals surface area contributed by atoms with Gasteiger partial charge in [0, 0.05) is 32.7 Å². The van der Waals surface area contributed by atoms with Gasteiger partial charge in [0.15, 0.2) is 6.23 Å². The summed E-state index contributed by atoms with van der Waals surface area (Å²) in [4.78, 5) is 19.3. The first-order chi connectivity index (χ1) is 15.0. The van der Waals surface area contributed by atoms with Gasteiger partial charge in [0.2, 0.25) is 0 Å². The molecule has 0 saturated heterocycles. The molecule has 4 nitrogen and oxygen atoms in total. The average Bonchev–Trinajstić information content (AvgIpc) is 3.03. The largest absolute Gasteiger partial charge is 0.369 e. The number of rotatable bonds is 3. The summed E-state index contributed by atoms with van der Waals surface area (Å²) in [5, 5.41) is 12.2. The maximum atomic E-state index is 14.0. The van der Waals surface area contributed by atoms with E-state index >= 15 is 0 Å². The van der Waals surface area contributed by atoms with Crippen LogP contribution in [-0.4, -0.2) is 20.9 Å². The van der Waals surface area contributed by atoms with Crippen LogP contribution in [0, 0.1) is 5.82 Å². The molecule has 1 aromatic heterocycles. The second kappa shape index (κ2) is 7.45. The van der Waals surface area contributed by atoms with E-state index in [9.17, 15) is 14.3 Å². The molecule has 1 amide bonds. The third kappa shape index (κ3) is 3.17. The summed E-state index contributed by atoms with van der Waals surface area (Å²) in [6, 6.07) is 19.9. The van der Waals surface area contributed by atoms with Crippen LogP contribution in [0.3, 0.4) is 0 Å². The van der Waals surface area contributed by atoms with Crippen LogP contribution in [0.1, 0.15) is 40.7 Å². The minimum Gasteiger partial charge on any atom is -0.369 e. The van der Waals surface area contributed by atoms with Crippen LogP contribution >= 0.6 is 11.6 Å². The molecule has 0 saturated carbocycles. The van der Waals surface area contributed by atoms with Crippen molar-refractivity contribution in [2.24, 2.45) is 0 Å². The van der Waals surface area contributed by atoms with Gasteiger partial charge in [-0.2, -0.15) is 0 Å². The Balaban J connectivity index is 1.71. The quantitative estimate of drug-likeness (QED) is 0.438. The summed E-state index contributed by atoms with van der Waals surface area (Å²) >= 11 is 6.42. The van der Waals surface area contributed by atoms with E-state index in [2.05, 4.69) is 0 Å². The lowest BCUT2D eigenvalue weighted by Crippen LogP contribution is -2.31. The minimum atomic E-state index is -1.08. The molecule has 154 valence electrons. The van der Waals surface area contributed by atoms with E-state index in [0.29, 0.717) is 38.5 Å². The number of amides is 1. The molecule has 2 unspecified atom stereocenters. The second-order valence-corrected chi connectivity index (χ2v) is 8.00. The number of halogens is 2. The van der Waals surface area contributed by atoms with Gasteiger partial charge in [-0.05, 0) is 43.3 Å². The molecular weight excluding hydrogens is 415 g/mol. The van der Waals surface area contributed by atoms with Gasteiger partial charge in [0.05, 0.1) is 17.3 Å². The van der Waals surface area contributed by atoms with E-state index in [1.807, 2.05) is 19.1 Å². The maximum Gasteiger partial charge on any atom is 0.257 e. The van der Waals surface area contributed by atoms with Crippen molar-refractivity contribution in [1.29, 1.82) is 0 Å². The molecule has 0 aliphatic carbocycles. The van der Waals surface area contributed by atoms with Crippen LogP contribution in [0.15, 0.2) is 72.8 Å². The predicted molar refractivity (Wildman–Crippen MR) is 118 cm³/mol. The Labute approximate surface area is 183 Å². The average molecular weight is 433 g/mol. The molecular formula is C25H18ClFN2O2. The number of carbonyl (C=O) groups excluding carboxylic acids is 1.